The third-order valence-electron chi connectivity index (χ3n) is 2.12. The van der Waals surface area contributed by atoms with Gasteiger partial charge in [-0.2, -0.15) is 0 Å². The van der Waals surface area contributed by atoms with Crippen LogP contribution in [-0.4, -0.2) is 19.5 Å². The van der Waals surface area contributed by atoms with Crippen LogP contribution in [0.5, 0.6) is 0 Å². The molecule has 1 amide bonds. The van der Waals surface area contributed by atoms with Crippen molar-refractivity contribution in [3.05, 3.63) is 22.7 Å². The fourth-order valence-corrected chi connectivity index (χ4v) is 1.58. The average Bonchev–Trinajstić information content (AvgIpc) is 2.09. The number of likely N-dealkylation sites (N-methyl/N-ethyl adjacent to an activating group) is 1. The number of rotatable bonds is 3. The number of hydrogen-bond acceptors (Lipinski definition) is 3. The predicted molar refractivity (Wildman–Crippen MR) is 63.1 cm³/mol. The van der Waals surface area contributed by atoms with Gasteiger partial charge in [0.2, 0.25) is 5.91 Å². The van der Waals surface area contributed by atoms with Gasteiger partial charge in [-0.05, 0) is 24.6 Å². The van der Waals surface area contributed by atoms with Crippen LogP contribution in [0.25, 0.3) is 0 Å². The molecule has 4 nitrogen and oxygen atoms in total. The normalized spacial score (nSPS) is 10.1. The molecule has 0 saturated carbocycles. The van der Waals surface area contributed by atoms with E-state index in [1.54, 1.807) is 24.1 Å². The number of carbonyl (C=O) groups is 1. The Kier molecular flexibility index (Phi) is 3.42. The molecule has 0 saturated heterocycles. The molecular weight excluding hydrogens is 214 g/mol. The van der Waals surface area contributed by atoms with Gasteiger partial charge < -0.3 is 16.4 Å². The van der Waals surface area contributed by atoms with Gasteiger partial charge in [0.15, 0.2) is 0 Å². The quantitative estimate of drug-likeness (QED) is 0.761. The number of nitrogens with zero attached hydrogens (tertiary/aromatic N) is 1. The number of nitrogen functional groups attached to an aromatic ring is 1. The Balaban J connectivity index is 3.03. The topological polar surface area (TPSA) is 72.3 Å². The van der Waals surface area contributed by atoms with Gasteiger partial charge in [-0.25, -0.2) is 0 Å². The number of aryl methyl sites for hydroxylation is 1. The highest BCUT2D eigenvalue weighted by atomic mass is 35.5. The molecule has 0 heterocycles. The van der Waals surface area contributed by atoms with Crippen molar-refractivity contribution in [3.63, 3.8) is 0 Å². The number of amides is 1. The minimum atomic E-state index is -0.384. The molecule has 0 unspecified atom stereocenters. The molecule has 0 bridgehead atoms. The van der Waals surface area contributed by atoms with E-state index in [0.717, 1.165) is 11.3 Å². The maximum atomic E-state index is 10.8. The minimum Gasteiger partial charge on any atom is -0.398 e. The number of halogens is 1. The first-order valence-corrected chi connectivity index (χ1v) is 4.84. The molecule has 0 aliphatic rings. The van der Waals surface area contributed by atoms with Gasteiger partial charge in [0, 0.05) is 12.7 Å². The Labute approximate surface area is 93.8 Å². The van der Waals surface area contributed by atoms with E-state index in [1.807, 2.05) is 6.92 Å². The number of primary amides is 1. The molecule has 0 aromatic heterocycles. The van der Waals surface area contributed by atoms with Gasteiger partial charge in [0.25, 0.3) is 0 Å². The number of nitrogens with two attached hydrogens (primary N) is 2. The molecule has 0 aliphatic carbocycles. The Morgan fingerprint density at radius 1 is 1.53 bits per heavy atom. The summed E-state index contributed by atoms with van der Waals surface area (Å²) < 4.78 is 0. The van der Waals surface area contributed by atoms with Crippen molar-refractivity contribution in [2.75, 3.05) is 24.2 Å². The predicted octanol–water partition coefficient (Wildman–Crippen LogP) is 1.15. The molecule has 1 aromatic carbocycles. The summed E-state index contributed by atoms with van der Waals surface area (Å²) in [5, 5.41) is 0.479. The van der Waals surface area contributed by atoms with Crippen LogP contribution in [0.15, 0.2) is 12.1 Å². The van der Waals surface area contributed by atoms with Crippen molar-refractivity contribution in [1.29, 1.82) is 0 Å². The minimum absolute atomic E-state index is 0.154. The summed E-state index contributed by atoms with van der Waals surface area (Å²) >= 11 is 5.90. The molecule has 5 heteroatoms. The molecule has 0 atom stereocenters. The lowest BCUT2D eigenvalue weighted by Crippen LogP contribution is -2.30. The number of benzene rings is 1. The van der Waals surface area contributed by atoms with Crippen molar-refractivity contribution in [3.8, 4) is 0 Å². The van der Waals surface area contributed by atoms with E-state index < -0.39 is 0 Å². The molecule has 82 valence electrons. The molecular formula is C10H14ClN3O. The van der Waals surface area contributed by atoms with Crippen LogP contribution in [0, 0.1) is 6.92 Å². The fraction of sp³-hybridized carbons (Fsp3) is 0.300. The van der Waals surface area contributed by atoms with Gasteiger partial charge in [0.05, 0.1) is 17.3 Å². The zero-order valence-corrected chi connectivity index (χ0v) is 9.51. The second-order valence-electron chi connectivity index (χ2n) is 3.48. The lowest BCUT2D eigenvalue weighted by atomic mass is 10.1. The monoisotopic (exact) mass is 227 g/mol. The summed E-state index contributed by atoms with van der Waals surface area (Å²) in [6.45, 7) is 2.06. The fourth-order valence-electron chi connectivity index (χ4n) is 1.42. The van der Waals surface area contributed by atoms with Gasteiger partial charge in [-0.3, -0.25) is 4.79 Å². The van der Waals surface area contributed by atoms with Gasteiger partial charge in [-0.15, -0.1) is 0 Å². The highest BCUT2D eigenvalue weighted by Crippen LogP contribution is 2.28. The summed E-state index contributed by atoms with van der Waals surface area (Å²) in [7, 11) is 1.78. The van der Waals surface area contributed by atoms with Crippen LogP contribution in [-0.2, 0) is 4.79 Å². The SMILES string of the molecule is Cc1cc(N)c(Cl)cc1N(C)CC(N)=O. The third kappa shape index (κ3) is 2.76. The largest absolute Gasteiger partial charge is 0.398 e. The maximum Gasteiger partial charge on any atom is 0.236 e. The highest BCUT2D eigenvalue weighted by Gasteiger charge is 2.09. The van der Waals surface area contributed by atoms with Gasteiger partial charge >= 0.3 is 0 Å². The van der Waals surface area contributed by atoms with Crippen molar-refractivity contribution < 1.29 is 4.79 Å². The highest BCUT2D eigenvalue weighted by molar-refractivity contribution is 6.33. The summed E-state index contributed by atoms with van der Waals surface area (Å²) in [5.41, 5.74) is 13.1. The Hall–Kier alpha value is -1.42. The van der Waals surface area contributed by atoms with Crippen LogP contribution >= 0.6 is 11.6 Å². The second-order valence-corrected chi connectivity index (χ2v) is 3.89. The standard InChI is InChI=1S/C10H14ClN3O/c1-6-3-8(12)7(11)4-9(6)14(2)5-10(13)15/h3-4H,5,12H2,1-2H3,(H2,13,15). The molecule has 1 aromatic rings. The lowest BCUT2D eigenvalue weighted by molar-refractivity contribution is -0.116. The zero-order valence-electron chi connectivity index (χ0n) is 8.75. The molecule has 15 heavy (non-hydrogen) atoms. The summed E-state index contributed by atoms with van der Waals surface area (Å²) in [4.78, 5) is 12.5. The summed E-state index contributed by atoms with van der Waals surface area (Å²) in [6.07, 6.45) is 0. The molecule has 0 spiro atoms. The summed E-state index contributed by atoms with van der Waals surface area (Å²) in [5.74, 6) is -0.384. The maximum absolute atomic E-state index is 10.8. The molecule has 0 fully saturated rings. The van der Waals surface area contributed by atoms with E-state index in [0.29, 0.717) is 10.7 Å². The van der Waals surface area contributed by atoms with E-state index in [9.17, 15) is 4.79 Å². The van der Waals surface area contributed by atoms with Crippen LogP contribution in [0.4, 0.5) is 11.4 Å². The van der Waals surface area contributed by atoms with E-state index >= 15 is 0 Å². The van der Waals surface area contributed by atoms with Crippen LogP contribution in [0.2, 0.25) is 5.02 Å². The molecule has 0 radical (unpaired) electrons. The second kappa shape index (κ2) is 4.40. The lowest BCUT2D eigenvalue weighted by Gasteiger charge is -2.20. The number of anilines is 2. The number of hydrogen-bond donors (Lipinski definition) is 2. The Morgan fingerprint density at radius 2 is 2.13 bits per heavy atom. The molecule has 0 aliphatic heterocycles. The molecule has 1 rings (SSSR count). The smallest absolute Gasteiger partial charge is 0.236 e. The molecule has 4 N–H and O–H groups in total. The van der Waals surface area contributed by atoms with Crippen molar-refractivity contribution >= 4 is 28.9 Å². The van der Waals surface area contributed by atoms with Gasteiger partial charge in [0.1, 0.15) is 0 Å². The van der Waals surface area contributed by atoms with Gasteiger partial charge in [-0.1, -0.05) is 11.6 Å². The summed E-state index contributed by atoms with van der Waals surface area (Å²) in [6, 6.07) is 3.50. The first-order valence-electron chi connectivity index (χ1n) is 4.47. The Bertz CT molecular complexity index is 392. The Morgan fingerprint density at radius 3 is 2.67 bits per heavy atom. The van der Waals surface area contributed by atoms with Crippen molar-refractivity contribution in [2.45, 2.75) is 6.92 Å². The van der Waals surface area contributed by atoms with E-state index in [2.05, 4.69) is 0 Å². The van der Waals surface area contributed by atoms with E-state index in [-0.39, 0.29) is 12.5 Å². The van der Waals surface area contributed by atoms with E-state index in [1.165, 1.54) is 0 Å². The van der Waals surface area contributed by atoms with Crippen LogP contribution in [0.1, 0.15) is 5.56 Å². The van der Waals surface area contributed by atoms with Crippen molar-refractivity contribution in [2.24, 2.45) is 5.73 Å². The third-order valence-corrected chi connectivity index (χ3v) is 2.45. The average molecular weight is 228 g/mol. The van der Waals surface area contributed by atoms with Crippen LogP contribution in [0.3, 0.4) is 0 Å². The van der Waals surface area contributed by atoms with Crippen LogP contribution < -0.4 is 16.4 Å². The number of carbonyl (C=O) groups excluding carboxylic acids is 1. The van der Waals surface area contributed by atoms with E-state index in [4.69, 9.17) is 23.1 Å². The van der Waals surface area contributed by atoms with Crippen molar-refractivity contribution in [1.82, 2.24) is 0 Å². The first-order chi connectivity index (χ1) is 6.91. The first kappa shape index (κ1) is 11.7. The zero-order chi connectivity index (χ0) is 11.6.